The van der Waals surface area contributed by atoms with E-state index in [1.165, 1.54) is 44.2 Å². The summed E-state index contributed by atoms with van der Waals surface area (Å²) in [5.74, 6) is 1.56. The van der Waals surface area contributed by atoms with Gasteiger partial charge in [0.15, 0.2) is 18.3 Å². The molecule has 1 unspecified atom stereocenters. The number of hydrogen-bond donors (Lipinski definition) is 0. The van der Waals surface area contributed by atoms with Gasteiger partial charge < -0.3 is 19.1 Å². The molecule has 4 heteroatoms. The lowest BCUT2D eigenvalue weighted by molar-refractivity contribution is 0.0489. The standard InChI is InChI=1S/C18H27NO3/c1-19-11-10-18(9-5-4-6-17(18)19)14-7-8-15(21-3)16(12-14)22-13-20-2/h7-8,12,17H,4-6,9-11,13H2,1-3H3/t17?,18-/m0/s1. The van der Waals surface area contributed by atoms with Gasteiger partial charge in [0, 0.05) is 18.6 Å². The lowest BCUT2D eigenvalue weighted by atomic mass is 9.66. The van der Waals surface area contributed by atoms with Crippen LogP contribution >= 0.6 is 0 Å². The maximum Gasteiger partial charge on any atom is 0.188 e. The molecule has 2 fully saturated rings. The first-order valence-electron chi connectivity index (χ1n) is 8.22. The first-order chi connectivity index (χ1) is 10.7. The summed E-state index contributed by atoms with van der Waals surface area (Å²) in [7, 11) is 5.58. The van der Waals surface area contributed by atoms with Crippen molar-refractivity contribution in [1.82, 2.24) is 4.90 Å². The Hall–Kier alpha value is -1.26. The average Bonchev–Trinajstić information content (AvgIpc) is 2.91. The number of rotatable bonds is 5. The van der Waals surface area contributed by atoms with Crippen LogP contribution in [0.25, 0.3) is 0 Å². The van der Waals surface area contributed by atoms with Crippen LogP contribution in [0.5, 0.6) is 11.5 Å². The van der Waals surface area contributed by atoms with Crippen LogP contribution in [0, 0.1) is 0 Å². The largest absolute Gasteiger partial charge is 0.493 e. The number of likely N-dealkylation sites (N-methyl/N-ethyl adjacent to an activating group) is 1. The van der Waals surface area contributed by atoms with E-state index in [9.17, 15) is 0 Å². The third-order valence-electron chi connectivity index (χ3n) is 5.50. The van der Waals surface area contributed by atoms with Gasteiger partial charge >= 0.3 is 0 Å². The second-order valence-electron chi connectivity index (χ2n) is 6.56. The van der Waals surface area contributed by atoms with Crippen molar-refractivity contribution in [2.24, 2.45) is 0 Å². The average molecular weight is 305 g/mol. The number of fused-ring (bicyclic) bond motifs is 1. The summed E-state index contributed by atoms with van der Waals surface area (Å²) in [4.78, 5) is 2.54. The van der Waals surface area contributed by atoms with E-state index in [1.54, 1.807) is 14.2 Å². The molecule has 2 aliphatic rings. The first-order valence-corrected chi connectivity index (χ1v) is 8.22. The summed E-state index contributed by atoms with van der Waals surface area (Å²) in [6, 6.07) is 7.11. The van der Waals surface area contributed by atoms with Gasteiger partial charge in [-0.15, -0.1) is 0 Å². The molecule has 1 saturated carbocycles. The van der Waals surface area contributed by atoms with E-state index < -0.39 is 0 Å². The summed E-state index contributed by atoms with van der Waals surface area (Å²) in [6.45, 7) is 1.43. The van der Waals surface area contributed by atoms with E-state index in [4.69, 9.17) is 14.2 Å². The topological polar surface area (TPSA) is 30.9 Å². The Bertz CT molecular complexity index is 515. The van der Waals surface area contributed by atoms with Crippen LogP contribution in [0.1, 0.15) is 37.7 Å². The van der Waals surface area contributed by atoms with Gasteiger partial charge in [0.2, 0.25) is 0 Å². The number of hydrogen-bond acceptors (Lipinski definition) is 4. The fourth-order valence-electron chi connectivity index (χ4n) is 4.39. The van der Waals surface area contributed by atoms with Gasteiger partial charge in [-0.2, -0.15) is 0 Å². The molecule has 0 spiro atoms. The van der Waals surface area contributed by atoms with Crippen LogP contribution in [0.2, 0.25) is 0 Å². The molecule has 3 rings (SSSR count). The molecule has 0 radical (unpaired) electrons. The van der Waals surface area contributed by atoms with Crippen LogP contribution in [-0.4, -0.2) is 45.5 Å². The zero-order valence-electron chi connectivity index (χ0n) is 13.9. The highest BCUT2D eigenvalue weighted by Crippen LogP contribution is 2.49. The van der Waals surface area contributed by atoms with Gasteiger partial charge in [0.25, 0.3) is 0 Å². The van der Waals surface area contributed by atoms with E-state index in [1.807, 2.05) is 6.07 Å². The lowest BCUT2D eigenvalue weighted by Gasteiger charge is -2.42. The molecule has 1 saturated heterocycles. The lowest BCUT2D eigenvalue weighted by Crippen LogP contribution is -2.43. The molecule has 1 aliphatic carbocycles. The third-order valence-corrected chi connectivity index (χ3v) is 5.50. The molecule has 0 amide bonds. The zero-order valence-corrected chi connectivity index (χ0v) is 13.9. The number of likely N-dealkylation sites (tertiary alicyclic amines) is 1. The molecule has 1 aliphatic heterocycles. The SMILES string of the molecule is COCOc1cc([C@@]23CCCCC2N(C)CC3)ccc1OC. The molecule has 122 valence electrons. The smallest absolute Gasteiger partial charge is 0.188 e. The summed E-state index contributed by atoms with van der Waals surface area (Å²) >= 11 is 0. The number of benzene rings is 1. The summed E-state index contributed by atoms with van der Waals surface area (Å²) in [5.41, 5.74) is 1.68. The maximum absolute atomic E-state index is 5.72. The molecule has 2 atom stereocenters. The normalized spacial score (nSPS) is 28.4. The minimum Gasteiger partial charge on any atom is -0.493 e. The van der Waals surface area contributed by atoms with Crippen molar-refractivity contribution in [3.05, 3.63) is 23.8 Å². The predicted molar refractivity (Wildman–Crippen MR) is 86.7 cm³/mol. The van der Waals surface area contributed by atoms with Gasteiger partial charge in [-0.1, -0.05) is 18.9 Å². The predicted octanol–water partition coefficient (Wildman–Crippen LogP) is 3.19. The second-order valence-corrected chi connectivity index (χ2v) is 6.56. The summed E-state index contributed by atoms with van der Waals surface area (Å²) in [6.07, 6.45) is 6.49. The van der Waals surface area contributed by atoms with Gasteiger partial charge in [-0.25, -0.2) is 0 Å². The molecular weight excluding hydrogens is 278 g/mol. The van der Waals surface area contributed by atoms with Crippen molar-refractivity contribution >= 4 is 0 Å². The number of methoxy groups -OCH3 is 2. The quantitative estimate of drug-likeness (QED) is 0.782. The van der Waals surface area contributed by atoms with E-state index >= 15 is 0 Å². The molecule has 4 nitrogen and oxygen atoms in total. The van der Waals surface area contributed by atoms with Crippen molar-refractivity contribution in [2.45, 2.75) is 43.6 Å². The molecule has 1 aromatic carbocycles. The highest BCUT2D eigenvalue weighted by molar-refractivity contribution is 5.46. The molecular formula is C18H27NO3. The molecule has 22 heavy (non-hydrogen) atoms. The minimum absolute atomic E-state index is 0.246. The van der Waals surface area contributed by atoms with Crippen LogP contribution in [0.4, 0.5) is 0 Å². The highest BCUT2D eigenvalue weighted by atomic mass is 16.7. The Morgan fingerprint density at radius 2 is 2.05 bits per heavy atom. The Morgan fingerprint density at radius 1 is 1.18 bits per heavy atom. The van der Waals surface area contributed by atoms with Gasteiger partial charge in [-0.05, 0) is 50.6 Å². The molecule has 0 bridgehead atoms. The Balaban J connectivity index is 1.96. The molecule has 0 aromatic heterocycles. The Labute approximate surface area is 133 Å². The van der Waals surface area contributed by atoms with Crippen molar-refractivity contribution in [3.63, 3.8) is 0 Å². The van der Waals surface area contributed by atoms with Crippen molar-refractivity contribution in [2.75, 3.05) is 34.6 Å². The minimum atomic E-state index is 0.246. The van der Waals surface area contributed by atoms with Crippen LogP contribution in [0.3, 0.4) is 0 Å². The maximum atomic E-state index is 5.72. The molecule has 1 heterocycles. The highest BCUT2D eigenvalue weighted by Gasteiger charge is 2.48. The van der Waals surface area contributed by atoms with Crippen molar-refractivity contribution < 1.29 is 14.2 Å². The zero-order chi connectivity index (χ0) is 15.6. The van der Waals surface area contributed by atoms with E-state index in [0.29, 0.717) is 6.04 Å². The van der Waals surface area contributed by atoms with E-state index in [-0.39, 0.29) is 12.2 Å². The van der Waals surface area contributed by atoms with Crippen molar-refractivity contribution in [3.8, 4) is 11.5 Å². The summed E-state index contributed by atoms with van der Waals surface area (Å²) in [5, 5.41) is 0. The second kappa shape index (κ2) is 6.47. The van der Waals surface area contributed by atoms with Gasteiger partial charge in [0.05, 0.1) is 7.11 Å². The van der Waals surface area contributed by atoms with Crippen LogP contribution in [0.15, 0.2) is 18.2 Å². The third kappa shape index (κ3) is 2.59. The summed E-state index contributed by atoms with van der Waals surface area (Å²) < 4.78 is 16.2. The number of ether oxygens (including phenoxy) is 3. The monoisotopic (exact) mass is 305 g/mol. The van der Waals surface area contributed by atoms with Gasteiger partial charge in [0.1, 0.15) is 0 Å². The Kier molecular flexibility index (Phi) is 4.59. The molecule has 1 aromatic rings. The van der Waals surface area contributed by atoms with Crippen molar-refractivity contribution in [1.29, 1.82) is 0 Å². The van der Waals surface area contributed by atoms with Crippen LogP contribution in [-0.2, 0) is 10.2 Å². The fraction of sp³-hybridized carbons (Fsp3) is 0.667. The molecule has 0 N–H and O–H groups in total. The van der Waals surface area contributed by atoms with Gasteiger partial charge in [-0.3, -0.25) is 0 Å². The van der Waals surface area contributed by atoms with E-state index in [2.05, 4.69) is 24.1 Å². The van der Waals surface area contributed by atoms with E-state index in [0.717, 1.165) is 11.5 Å². The number of nitrogens with zero attached hydrogens (tertiary/aromatic N) is 1. The first kappa shape index (κ1) is 15.6. The Morgan fingerprint density at radius 3 is 2.82 bits per heavy atom. The van der Waals surface area contributed by atoms with Crippen LogP contribution < -0.4 is 9.47 Å². The fourth-order valence-corrected chi connectivity index (χ4v) is 4.39.